The predicted molar refractivity (Wildman–Crippen MR) is 96.4 cm³/mol. The Balaban J connectivity index is 1.63. The van der Waals surface area contributed by atoms with E-state index in [1.807, 2.05) is 17.9 Å². The van der Waals surface area contributed by atoms with Crippen molar-refractivity contribution in [2.24, 2.45) is 0 Å². The summed E-state index contributed by atoms with van der Waals surface area (Å²) in [6, 6.07) is 4.11. The Morgan fingerprint density at radius 1 is 1.25 bits per heavy atom. The molecule has 1 atom stereocenters. The minimum absolute atomic E-state index is 0.0358. The Hall–Kier alpha value is -1.75. The van der Waals surface area contributed by atoms with Crippen LogP contribution in [0.15, 0.2) is 12.1 Å². The van der Waals surface area contributed by atoms with Crippen molar-refractivity contribution in [2.75, 3.05) is 39.0 Å². The fourth-order valence-electron chi connectivity index (χ4n) is 3.90. The van der Waals surface area contributed by atoms with Crippen molar-refractivity contribution in [2.45, 2.75) is 45.1 Å². The van der Waals surface area contributed by atoms with Gasteiger partial charge in [0.2, 0.25) is 5.91 Å². The molecule has 1 aromatic carbocycles. The number of nitrogens with two attached hydrogens (primary N) is 1. The van der Waals surface area contributed by atoms with Gasteiger partial charge in [0.15, 0.2) is 0 Å². The number of ether oxygens (including phenoxy) is 1. The van der Waals surface area contributed by atoms with E-state index in [-0.39, 0.29) is 6.04 Å². The zero-order chi connectivity index (χ0) is 17.3. The molecule has 0 spiro atoms. The monoisotopic (exact) mass is 331 g/mol. The molecule has 2 fully saturated rings. The third-order valence-electron chi connectivity index (χ3n) is 5.66. The van der Waals surface area contributed by atoms with Crippen molar-refractivity contribution in [3.8, 4) is 5.75 Å². The molecule has 0 bridgehead atoms. The number of aryl methyl sites for hydroxylation is 1. The van der Waals surface area contributed by atoms with Gasteiger partial charge in [0, 0.05) is 26.2 Å². The molecule has 2 aliphatic rings. The lowest BCUT2D eigenvalue weighted by Crippen LogP contribution is -2.53. The Kier molecular flexibility index (Phi) is 4.99. The zero-order valence-corrected chi connectivity index (χ0v) is 15.0. The van der Waals surface area contributed by atoms with Crippen LogP contribution < -0.4 is 10.5 Å². The number of piperidine rings is 1. The number of nitrogens with zero attached hydrogens (tertiary/aromatic N) is 2. The van der Waals surface area contributed by atoms with Crippen molar-refractivity contribution < 1.29 is 9.53 Å². The molecule has 5 heteroatoms. The highest BCUT2D eigenvalue weighted by molar-refractivity contribution is 5.81. The van der Waals surface area contributed by atoms with Gasteiger partial charge in [-0.25, -0.2) is 0 Å². The summed E-state index contributed by atoms with van der Waals surface area (Å²) in [7, 11) is 1.66. The average molecular weight is 331 g/mol. The van der Waals surface area contributed by atoms with Crippen molar-refractivity contribution >= 4 is 11.6 Å². The second-order valence-corrected chi connectivity index (χ2v) is 7.12. The number of hydrogen-bond acceptors (Lipinski definition) is 4. The van der Waals surface area contributed by atoms with Gasteiger partial charge in [-0.2, -0.15) is 0 Å². The molecule has 0 aromatic heterocycles. The molecule has 2 heterocycles. The number of hydrogen-bond donors (Lipinski definition) is 1. The minimum atomic E-state index is 0.0358. The number of likely N-dealkylation sites (tertiary alicyclic amines) is 2. The number of benzene rings is 1. The van der Waals surface area contributed by atoms with Crippen molar-refractivity contribution in [3.63, 3.8) is 0 Å². The third kappa shape index (κ3) is 3.22. The van der Waals surface area contributed by atoms with Gasteiger partial charge in [-0.15, -0.1) is 0 Å². The molecule has 132 valence electrons. The Morgan fingerprint density at radius 3 is 2.46 bits per heavy atom. The standard InChI is InChI=1S/C19H29N3O2/c1-13-11-17(20)18(24-3)12-16(13)15-5-9-22(10-6-15)19(23)14(2)21-7-4-8-21/h11-12,14-15H,4-10,20H2,1-3H3/t14-/m0/s1. The van der Waals surface area contributed by atoms with E-state index < -0.39 is 0 Å². The molecule has 0 radical (unpaired) electrons. The van der Waals surface area contributed by atoms with Crippen LogP contribution in [0.1, 0.15) is 43.2 Å². The molecule has 3 rings (SSSR count). The molecular formula is C19H29N3O2. The van der Waals surface area contributed by atoms with Crippen LogP contribution in [0, 0.1) is 6.92 Å². The molecule has 0 unspecified atom stereocenters. The summed E-state index contributed by atoms with van der Waals surface area (Å²) >= 11 is 0. The molecule has 1 amide bonds. The van der Waals surface area contributed by atoms with Gasteiger partial charge in [-0.1, -0.05) is 0 Å². The van der Waals surface area contributed by atoms with E-state index in [4.69, 9.17) is 10.5 Å². The van der Waals surface area contributed by atoms with Gasteiger partial charge in [-0.05, 0) is 62.3 Å². The molecule has 1 aromatic rings. The maximum Gasteiger partial charge on any atom is 0.239 e. The highest BCUT2D eigenvalue weighted by Gasteiger charge is 2.32. The number of carbonyl (C=O) groups excluding carboxylic acids is 1. The first-order valence-corrected chi connectivity index (χ1v) is 8.98. The Labute approximate surface area is 144 Å². The van der Waals surface area contributed by atoms with Crippen LogP contribution in [0.5, 0.6) is 5.75 Å². The molecule has 2 aliphatic heterocycles. The zero-order valence-electron chi connectivity index (χ0n) is 15.0. The van der Waals surface area contributed by atoms with E-state index in [1.54, 1.807) is 7.11 Å². The molecule has 5 nitrogen and oxygen atoms in total. The normalized spacial score (nSPS) is 20.5. The van der Waals surface area contributed by atoms with E-state index in [2.05, 4.69) is 17.9 Å². The van der Waals surface area contributed by atoms with Crippen LogP contribution >= 0.6 is 0 Å². The predicted octanol–water partition coefficient (Wildman–Crippen LogP) is 2.39. The number of nitrogen functional groups attached to an aromatic ring is 1. The van der Waals surface area contributed by atoms with Crippen molar-refractivity contribution in [3.05, 3.63) is 23.3 Å². The van der Waals surface area contributed by atoms with Crippen molar-refractivity contribution in [1.82, 2.24) is 9.80 Å². The van der Waals surface area contributed by atoms with Crippen LogP contribution in [0.25, 0.3) is 0 Å². The lowest BCUT2D eigenvalue weighted by Gasteiger charge is -2.40. The first kappa shape index (κ1) is 17.1. The average Bonchev–Trinajstić information content (AvgIpc) is 2.53. The van der Waals surface area contributed by atoms with Gasteiger partial charge in [0.1, 0.15) is 5.75 Å². The molecule has 2 saturated heterocycles. The summed E-state index contributed by atoms with van der Waals surface area (Å²) in [5, 5.41) is 0. The second kappa shape index (κ2) is 7.01. The Bertz CT molecular complexity index is 605. The largest absolute Gasteiger partial charge is 0.495 e. The summed E-state index contributed by atoms with van der Waals surface area (Å²) in [5.41, 5.74) is 9.20. The lowest BCUT2D eigenvalue weighted by molar-refractivity contribution is -0.138. The molecule has 0 saturated carbocycles. The number of amides is 1. The fraction of sp³-hybridized carbons (Fsp3) is 0.632. The molecular weight excluding hydrogens is 302 g/mol. The van der Waals surface area contributed by atoms with Crippen LogP contribution in [0.2, 0.25) is 0 Å². The SMILES string of the molecule is COc1cc(C2CCN(C(=O)[C@H](C)N3CCC3)CC2)c(C)cc1N. The first-order valence-electron chi connectivity index (χ1n) is 8.98. The van der Waals surface area contributed by atoms with Crippen molar-refractivity contribution in [1.29, 1.82) is 0 Å². The smallest absolute Gasteiger partial charge is 0.239 e. The van der Waals surface area contributed by atoms with Gasteiger partial charge >= 0.3 is 0 Å². The number of rotatable bonds is 4. The first-order chi connectivity index (χ1) is 11.5. The summed E-state index contributed by atoms with van der Waals surface area (Å²) in [6.07, 6.45) is 3.23. The molecule has 0 aliphatic carbocycles. The topological polar surface area (TPSA) is 58.8 Å². The highest BCUT2D eigenvalue weighted by atomic mass is 16.5. The van der Waals surface area contributed by atoms with E-state index in [9.17, 15) is 4.79 Å². The lowest BCUT2D eigenvalue weighted by atomic mass is 9.86. The van der Waals surface area contributed by atoms with E-state index in [1.165, 1.54) is 17.5 Å². The van der Waals surface area contributed by atoms with Crippen LogP contribution in [-0.4, -0.2) is 55.0 Å². The number of methoxy groups -OCH3 is 1. The highest BCUT2D eigenvalue weighted by Crippen LogP contribution is 2.35. The Morgan fingerprint density at radius 2 is 1.92 bits per heavy atom. The van der Waals surface area contributed by atoms with E-state index in [0.717, 1.165) is 44.8 Å². The molecule has 2 N–H and O–H groups in total. The summed E-state index contributed by atoms with van der Waals surface area (Å²) in [4.78, 5) is 16.9. The second-order valence-electron chi connectivity index (χ2n) is 7.12. The van der Waals surface area contributed by atoms with Crippen LogP contribution in [-0.2, 0) is 4.79 Å². The maximum absolute atomic E-state index is 12.6. The van der Waals surface area contributed by atoms with E-state index >= 15 is 0 Å². The van der Waals surface area contributed by atoms with Crippen LogP contribution in [0.4, 0.5) is 5.69 Å². The van der Waals surface area contributed by atoms with E-state index in [0.29, 0.717) is 17.5 Å². The molecule has 24 heavy (non-hydrogen) atoms. The van der Waals surface area contributed by atoms with Crippen LogP contribution in [0.3, 0.4) is 0 Å². The minimum Gasteiger partial charge on any atom is -0.495 e. The fourth-order valence-corrected chi connectivity index (χ4v) is 3.90. The third-order valence-corrected chi connectivity index (χ3v) is 5.66. The summed E-state index contributed by atoms with van der Waals surface area (Å²) in [5.74, 6) is 1.52. The summed E-state index contributed by atoms with van der Waals surface area (Å²) in [6.45, 7) is 7.96. The van der Waals surface area contributed by atoms with Gasteiger partial charge < -0.3 is 15.4 Å². The quantitative estimate of drug-likeness (QED) is 0.861. The summed E-state index contributed by atoms with van der Waals surface area (Å²) < 4.78 is 5.37. The number of carbonyl (C=O) groups is 1. The number of anilines is 1. The van der Waals surface area contributed by atoms with Gasteiger partial charge in [0.25, 0.3) is 0 Å². The maximum atomic E-state index is 12.6. The van der Waals surface area contributed by atoms with Gasteiger partial charge in [-0.3, -0.25) is 9.69 Å². The van der Waals surface area contributed by atoms with Gasteiger partial charge in [0.05, 0.1) is 18.8 Å².